The first-order valence-electron chi connectivity index (χ1n) is 5.50. The van der Waals surface area contributed by atoms with Gasteiger partial charge in [-0.25, -0.2) is 0 Å². The van der Waals surface area contributed by atoms with E-state index in [4.69, 9.17) is 9.47 Å². The number of Topliss-reactive ketones (excluding diaryl/α,β-unsaturated/α-hetero) is 2. The summed E-state index contributed by atoms with van der Waals surface area (Å²) < 4.78 is 10.6. The standard InChI is InChI=1S/C11H16O4/c1-7-14-11(15-7)5-3-8-2-4-9(12)6-10(8)13/h7-8,11H,2-6H2,1H3. The fraction of sp³-hybridized carbons (Fsp3) is 0.818. The molecule has 2 rings (SSSR count). The van der Waals surface area contributed by atoms with E-state index >= 15 is 0 Å². The molecular weight excluding hydrogens is 196 g/mol. The molecule has 0 aromatic heterocycles. The number of rotatable bonds is 3. The van der Waals surface area contributed by atoms with Crippen LogP contribution in [0.1, 0.15) is 39.0 Å². The van der Waals surface area contributed by atoms with Gasteiger partial charge in [-0.2, -0.15) is 0 Å². The SMILES string of the molecule is CC1OC(CCC2CCC(=O)CC2=O)O1. The average Bonchev–Trinajstić information content (AvgIpc) is 2.13. The topological polar surface area (TPSA) is 52.6 Å². The third-order valence-electron chi connectivity index (χ3n) is 3.04. The van der Waals surface area contributed by atoms with Crippen LogP contribution in [-0.2, 0) is 19.1 Å². The molecule has 0 aromatic rings. The van der Waals surface area contributed by atoms with E-state index in [1.165, 1.54) is 0 Å². The molecule has 1 heterocycles. The summed E-state index contributed by atoms with van der Waals surface area (Å²) in [7, 11) is 0. The fourth-order valence-corrected chi connectivity index (χ4v) is 2.14. The predicted molar refractivity (Wildman–Crippen MR) is 52.0 cm³/mol. The summed E-state index contributed by atoms with van der Waals surface area (Å²) in [6, 6.07) is 0. The second kappa shape index (κ2) is 4.41. The maximum absolute atomic E-state index is 11.5. The van der Waals surface area contributed by atoms with E-state index in [9.17, 15) is 9.59 Å². The van der Waals surface area contributed by atoms with Crippen molar-refractivity contribution in [3.8, 4) is 0 Å². The summed E-state index contributed by atoms with van der Waals surface area (Å²) in [6.07, 6.45) is 2.70. The number of ketones is 2. The van der Waals surface area contributed by atoms with Crippen LogP contribution in [0.2, 0.25) is 0 Å². The normalized spacial score (nSPS) is 36.5. The van der Waals surface area contributed by atoms with Crippen molar-refractivity contribution in [3.05, 3.63) is 0 Å². The molecule has 84 valence electrons. The molecule has 1 saturated carbocycles. The molecule has 1 unspecified atom stereocenters. The monoisotopic (exact) mass is 212 g/mol. The maximum atomic E-state index is 11.5. The number of carbonyl (C=O) groups excluding carboxylic acids is 2. The number of ether oxygens (including phenoxy) is 2. The van der Waals surface area contributed by atoms with Crippen molar-refractivity contribution < 1.29 is 19.1 Å². The Kier molecular flexibility index (Phi) is 3.17. The smallest absolute Gasteiger partial charge is 0.163 e. The molecule has 0 bridgehead atoms. The van der Waals surface area contributed by atoms with Crippen LogP contribution in [0.5, 0.6) is 0 Å². The lowest BCUT2D eigenvalue weighted by Gasteiger charge is -2.34. The van der Waals surface area contributed by atoms with Crippen LogP contribution in [0, 0.1) is 5.92 Å². The van der Waals surface area contributed by atoms with Crippen molar-refractivity contribution in [2.24, 2.45) is 5.92 Å². The van der Waals surface area contributed by atoms with Crippen molar-refractivity contribution in [3.63, 3.8) is 0 Å². The minimum absolute atomic E-state index is 0.0470. The van der Waals surface area contributed by atoms with Crippen molar-refractivity contribution in [1.29, 1.82) is 0 Å². The zero-order valence-electron chi connectivity index (χ0n) is 8.90. The van der Waals surface area contributed by atoms with Gasteiger partial charge < -0.3 is 9.47 Å². The van der Waals surface area contributed by atoms with Gasteiger partial charge in [0.15, 0.2) is 12.6 Å². The molecule has 4 heteroatoms. The molecule has 2 fully saturated rings. The van der Waals surface area contributed by atoms with E-state index in [0.29, 0.717) is 12.8 Å². The number of hydrogen-bond donors (Lipinski definition) is 0. The zero-order chi connectivity index (χ0) is 10.8. The van der Waals surface area contributed by atoms with Crippen LogP contribution in [0.4, 0.5) is 0 Å². The van der Waals surface area contributed by atoms with E-state index in [-0.39, 0.29) is 36.5 Å². The molecule has 4 nitrogen and oxygen atoms in total. The molecule has 0 radical (unpaired) electrons. The summed E-state index contributed by atoms with van der Waals surface area (Å²) in [5, 5.41) is 0. The van der Waals surface area contributed by atoms with Gasteiger partial charge in [0.2, 0.25) is 0 Å². The molecule has 2 aliphatic rings. The van der Waals surface area contributed by atoms with Gasteiger partial charge in [-0.15, -0.1) is 0 Å². The van der Waals surface area contributed by atoms with Crippen LogP contribution in [0.3, 0.4) is 0 Å². The molecule has 1 saturated heterocycles. The molecule has 0 spiro atoms. The maximum Gasteiger partial charge on any atom is 0.163 e. The predicted octanol–water partition coefficient (Wildman–Crippen LogP) is 1.42. The summed E-state index contributed by atoms with van der Waals surface area (Å²) >= 11 is 0. The molecule has 15 heavy (non-hydrogen) atoms. The van der Waals surface area contributed by atoms with Crippen molar-refractivity contribution in [1.82, 2.24) is 0 Å². The number of carbonyl (C=O) groups is 2. The summed E-state index contributed by atoms with van der Waals surface area (Å²) in [4.78, 5) is 22.5. The Morgan fingerprint density at radius 1 is 1.27 bits per heavy atom. The van der Waals surface area contributed by atoms with E-state index in [1.54, 1.807) is 0 Å². The fourth-order valence-electron chi connectivity index (χ4n) is 2.14. The quantitative estimate of drug-likeness (QED) is 0.664. The molecular formula is C11H16O4. The highest BCUT2D eigenvalue weighted by Gasteiger charge is 2.31. The van der Waals surface area contributed by atoms with Crippen molar-refractivity contribution >= 4 is 11.6 Å². The summed E-state index contributed by atoms with van der Waals surface area (Å²) in [6.45, 7) is 1.85. The third kappa shape index (κ3) is 2.63. The molecule has 1 aliphatic heterocycles. The second-order valence-corrected chi connectivity index (χ2v) is 4.26. The third-order valence-corrected chi connectivity index (χ3v) is 3.04. The largest absolute Gasteiger partial charge is 0.324 e. The van der Waals surface area contributed by atoms with Crippen LogP contribution < -0.4 is 0 Å². The molecule has 1 atom stereocenters. The van der Waals surface area contributed by atoms with Crippen molar-refractivity contribution in [2.45, 2.75) is 51.6 Å². The van der Waals surface area contributed by atoms with Gasteiger partial charge >= 0.3 is 0 Å². The van der Waals surface area contributed by atoms with E-state index in [2.05, 4.69) is 0 Å². The van der Waals surface area contributed by atoms with Gasteiger partial charge in [0, 0.05) is 12.3 Å². The highest BCUT2D eigenvalue weighted by atomic mass is 16.9. The van der Waals surface area contributed by atoms with Crippen LogP contribution in [-0.4, -0.2) is 24.1 Å². The highest BCUT2D eigenvalue weighted by Crippen LogP contribution is 2.27. The highest BCUT2D eigenvalue weighted by molar-refractivity contribution is 6.02. The molecule has 1 aliphatic carbocycles. The first-order chi connectivity index (χ1) is 7.15. The Morgan fingerprint density at radius 3 is 2.60 bits per heavy atom. The molecule has 0 amide bonds. The Hall–Kier alpha value is -0.740. The van der Waals surface area contributed by atoms with E-state index in [0.717, 1.165) is 12.8 Å². The minimum atomic E-state index is -0.134. The van der Waals surface area contributed by atoms with E-state index in [1.807, 2.05) is 6.92 Å². The van der Waals surface area contributed by atoms with Crippen LogP contribution in [0.15, 0.2) is 0 Å². The Labute approximate surface area is 88.9 Å². The lowest BCUT2D eigenvalue weighted by Crippen LogP contribution is -2.39. The van der Waals surface area contributed by atoms with Gasteiger partial charge in [-0.3, -0.25) is 9.59 Å². The van der Waals surface area contributed by atoms with Gasteiger partial charge in [0.25, 0.3) is 0 Å². The lowest BCUT2D eigenvalue weighted by atomic mass is 9.84. The Morgan fingerprint density at radius 2 is 2.00 bits per heavy atom. The Balaban J connectivity index is 1.70. The van der Waals surface area contributed by atoms with E-state index < -0.39 is 0 Å². The summed E-state index contributed by atoms with van der Waals surface area (Å²) in [5.74, 6) is 0.227. The van der Waals surface area contributed by atoms with Crippen LogP contribution >= 0.6 is 0 Å². The zero-order valence-corrected chi connectivity index (χ0v) is 8.90. The average molecular weight is 212 g/mol. The first kappa shape index (κ1) is 10.8. The number of hydrogen-bond acceptors (Lipinski definition) is 4. The van der Waals surface area contributed by atoms with Crippen molar-refractivity contribution in [2.75, 3.05) is 0 Å². The first-order valence-corrected chi connectivity index (χ1v) is 5.50. The van der Waals surface area contributed by atoms with Gasteiger partial charge in [0.05, 0.1) is 6.42 Å². The molecule has 0 N–H and O–H groups in total. The lowest BCUT2D eigenvalue weighted by molar-refractivity contribution is -0.377. The van der Waals surface area contributed by atoms with Gasteiger partial charge in [-0.1, -0.05) is 0 Å². The minimum Gasteiger partial charge on any atom is -0.324 e. The van der Waals surface area contributed by atoms with Gasteiger partial charge in [0.1, 0.15) is 11.6 Å². The second-order valence-electron chi connectivity index (χ2n) is 4.26. The van der Waals surface area contributed by atoms with Gasteiger partial charge in [-0.05, 0) is 26.2 Å². The molecule has 0 aromatic carbocycles. The summed E-state index contributed by atoms with van der Waals surface area (Å²) in [5.41, 5.74) is 0. The Bertz CT molecular complexity index is 268. The van der Waals surface area contributed by atoms with Crippen LogP contribution in [0.25, 0.3) is 0 Å².